The van der Waals surface area contributed by atoms with Crippen molar-refractivity contribution in [2.75, 3.05) is 0 Å². The highest BCUT2D eigenvalue weighted by molar-refractivity contribution is 6.92. The highest BCUT2D eigenvalue weighted by atomic mass is 28.4. The molecule has 0 aliphatic heterocycles. The van der Waals surface area contributed by atoms with Crippen LogP contribution in [0.5, 0.6) is 0 Å². The Morgan fingerprint density at radius 2 is 0.880 bits per heavy atom. The summed E-state index contributed by atoms with van der Waals surface area (Å²) in [6, 6.07) is 21.0. The van der Waals surface area contributed by atoms with Crippen molar-refractivity contribution in [3.8, 4) is 0 Å². The number of hydrogen-bond donors (Lipinski definition) is 0. The van der Waals surface area contributed by atoms with Crippen molar-refractivity contribution in [1.82, 2.24) is 0 Å². The van der Waals surface area contributed by atoms with Gasteiger partial charge in [0.15, 0.2) is 0 Å². The van der Waals surface area contributed by atoms with Crippen molar-refractivity contribution in [3.05, 3.63) is 60.7 Å². The standard InChI is InChI=1S/C22H32O2Si/c1-17(2)19(5)23-25(24-20(6)18(3)4,21-13-9-7-10-14-21)22-15-11-8-12-16-22/h7-20H,1-6H3. The fraction of sp³-hybridized carbons (Fsp3) is 0.455. The fourth-order valence-corrected chi connectivity index (χ4v) is 6.36. The van der Waals surface area contributed by atoms with Gasteiger partial charge in [-0.25, -0.2) is 0 Å². The molecule has 2 unspecified atom stereocenters. The van der Waals surface area contributed by atoms with E-state index in [9.17, 15) is 0 Å². The van der Waals surface area contributed by atoms with E-state index in [1.807, 2.05) is 12.1 Å². The molecular weight excluding hydrogens is 324 g/mol. The maximum Gasteiger partial charge on any atom is 0.407 e. The van der Waals surface area contributed by atoms with Gasteiger partial charge in [-0.05, 0) is 36.1 Å². The normalized spacial score (nSPS) is 14.7. The molecule has 0 bridgehead atoms. The second kappa shape index (κ2) is 8.79. The molecule has 2 rings (SSSR count). The first-order valence-electron chi connectivity index (χ1n) is 9.33. The third-order valence-corrected chi connectivity index (χ3v) is 8.48. The molecule has 0 N–H and O–H groups in total. The fourth-order valence-electron chi connectivity index (χ4n) is 2.58. The van der Waals surface area contributed by atoms with E-state index in [1.165, 1.54) is 10.4 Å². The zero-order chi connectivity index (χ0) is 18.4. The molecule has 0 heterocycles. The molecule has 0 amide bonds. The lowest BCUT2D eigenvalue weighted by molar-refractivity contribution is 0.0710. The van der Waals surface area contributed by atoms with Gasteiger partial charge in [0, 0.05) is 12.2 Å². The van der Waals surface area contributed by atoms with Gasteiger partial charge >= 0.3 is 8.56 Å². The molecule has 2 aromatic carbocycles. The molecule has 2 nitrogen and oxygen atoms in total. The molecule has 0 fully saturated rings. The maximum atomic E-state index is 6.81. The van der Waals surface area contributed by atoms with Crippen molar-refractivity contribution in [2.45, 2.75) is 53.8 Å². The molecule has 0 radical (unpaired) electrons. The Balaban J connectivity index is 2.60. The van der Waals surface area contributed by atoms with Crippen LogP contribution in [0.1, 0.15) is 41.5 Å². The minimum atomic E-state index is -2.80. The molecular formula is C22H32O2Si. The maximum absolute atomic E-state index is 6.81. The Morgan fingerprint density at radius 3 is 1.16 bits per heavy atom. The van der Waals surface area contributed by atoms with Gasteiger partial charge in [-0.1, -0.05) is 88.4 Å². The van der Waals surface area contributed by atoms with Crippen molar-refractivity contribution >= 4 is 18.9 Å². The molecule has 0 aliphatic carbocycles. The second-order valence-electron chi connectivity index (χ2n) is 7.48. The monoisotopic (exact) mass is 356 g/mol. The quantitative estimate of drug-likeness (QED) is 0.654. The van der Waals surface area contributed by atoms with Crippen LogP contribution in [-0.4, -0.2) is 20.8 Å². The molecule has 136 valence electrons. The molecule has 0 aromatic heterocycles. The van der Waals surface area contributed by atoms with Crippen LogP contribution < -0.4 is 10.4 Å². The zero-order valence-corrected chi connectivity index (χ0v) is 17.4. The smallest absolute Gasteiger partial charge is 0.385 e. The van der Waals surface area contributed by atoms with E-state index in [1.54, 1.807) is 0 Å². The second-order valence-corrected chi connectivity index (χ2v) is 10.3. The van der Waals surface area contributed by atoms with Crippen molar-refractivity contribution in [2.24, 2.45) is 11.8 Å². The van der Waals surface area contributed by atoms with E-state index in [-0.39, 0.29) is 12.2 Å². The molecule has 3 heteroatoms. The van der Waals surface area contributed by atoms with Crippen molar-refractivity contribution in [1.29, 1.82) is 0 Å². The molecule has 25 heavy (non-hydrogen) atoms. The van der Waals surface area contributed by atoms with Gasteiger partial charge in [0.05, 0.1) is 0 Å². The van der Waals surface area contributed by atoms with Crippen LogP contribution >= 0.6 is 0 Å². The van der Waals surface area contributed by atoms with E-state index in [0.29, 0.717) is 11.8 Å². The SMILES string of the molecule is CC(C)C(C)O[Si](OC(C)C(C)C)(c1ccccc1)c1ccccc1. The van der Waals surface area contributed by atoms with E-state index in [2.05, 4.69) is 90.1 Å². The van der Waals surface area contributed by atoms with Crippen LogP contribution in [0, 0.1) is 11.8 Å². The summed E-state index contributed by atoms with van der Waals surface area (Å²) in [4.78, 5) is 0. The largest absolute Gasteiger partial charge is 0.407 e. The summed E-state index contributed by atoms with van der Waals surface area (Å²) in [5.41, 5.74) is 0. The van der Waals surface area contributed by atoms with Crippen LogP contribution in [0.2, 0.25) is 0 Å². The summed E-state index contributed by atoms with van der Waals surface area (Å²) in [5, 5.41) is 2.34. The molecule has 0 aliphatic rings. The third kappa shape index (κ3) is 4.81. The third-order valence-electron chi connectivity index (χ3n) is 4.89. The lowest BCUT2D eigenvalue weighted by Gasteiger charge is -2.38. The first kappa shape index (κ1) is 19.9. The van der Waals surface area contributed by atoms with Crippen molar-refractivity contribution < 1.29 is 8.85 Å². The van der Waals surface area contributed by atoms with Gasteiger partial charge in [-0.2, -0.15) is 0 Å². The van der Waals surface area contributed by atoms with Gasteiger partial charge in [0.2, 0.25) is 0 Å². The molecule has 0 saturated carbocycles. The van der Waals surface area contributed by atoms with Gasteiger partial charge in [-0.3, -0.25) is 0 Å². The Labute approximate surface area is 154 Å². The van der Waals surface area contributed by atoms with E-state index < -0.39 is 8.56 Å². The summed E-state index contributed by atoms with van der Waals surface area (Å²) in [6.45, 7) is 13.1. The van der Waals surface area contributed by atoms with Crippen LogP contribution in [0.4, 0.5) is 0 Å². The highest BCUT2D eigenvalue weighted by Crippen LogP contribution is 2.20. The van der Waals surface area contributed by atoms with Crippen LogP contribution in [0.25, 0.3) is 0 Å². The Hall–Kier alpha value is -1.42. The van der Waals surface area contributed by atoms with Gasteiger partial charge in [-0.15, -0.1) is 0 Å². The van der Waals surface area contributed by atoms with Crippen LogP contribution in [0.15, 0.2) is 60.7 Å². The van der Waals surface area contributed by atoms with Crippen LogP contribution in [-0.2, 0) is 8.85 Å². The first-order chi connectivity index (χ1) is 11.9. The molecule has 0 spiro atoms. The lowest BCUT2D eigenvalue weighted by Crippen LogP contribution is -2.66. The minimum absolute atomic E-state index is 0.117. The first-order valence-corrected chi connectivity index (χ1v) is 11.1. The van der Waals surface area contributed by atoms with Crippen molar-refractivity contribution in [3.63, 3.8) is 0 Å². The minimum Gasteiger partial charge on any atom is -0.385 e. The Morgan fingerprint density at radius 1 is 0.560 bits per heavy atom. The van der Waals surface area contributed by atoms with Gasteiger partial charge in [0.25, 0.3) is 0 Å². The summed E-state index contributed by atoms with van der Waals surface area (Å²) in [6.07, 6.45) is 0.234. The zero-order valence-electron chi connectivity index (χ0n) is 16.4. The summed E-state index contributed by atoms with van der Waals surface area (Å²) < 4.78 is 13.6. The number of hydrogen-bond acceptors (Lipinski definition) is 2. The predicted molar refractivity (Wildman–Crippen MR) is 109 cm³/mol. The summed E-state index contributed by atoms with van der Waals surface area (Å²) in [7, 11) is -2.80. The highest BCUT2D eigenvalue weighted by Gasteiger charge is 2.46. The predicted octanol–water partition coefficient (Wildman–Crippen LogP) is 4.37. The van der Waals surface area contributed by atoms with Gasteiger partial charge in [0.1, 0.15) is 0 Å². The Kier molecular flexibility index (Phi) is 7.00. The molecule has 0 saturated heterocycles. The molecule has 2 atom stereocenters. The average molecular weight is 357 g/mol. The summed E-state index contributed by atoms with van der Waals surface area (Å²) in [5.74, 6) is 0.856. The number of benzene rings is 2. The summed E-state index contributed by atoms with van der Waals surface area (Å²) >= 11 is 0. The Bertz CT molecular complexity index is 567. The number of rotatable bonds is 8. The molecule has 2 aromatic rings. The topological polar surface area (TPSA) is 18.5 Å². The van der Waals surface area contributed by atoms with Gasteiger partial charge < -0.3 is 8.85 Å². The lowest BCUT2D eigenvalue weighted by atomic mass is 10.1. The van der Waals surface area contributed by atoms with Crippen LogP contribution in [0.3, 0.4) is 0 Å². The van der Waals surface area contributed by atoms with E-state index in [4.69, 9.17) is 8.85 Å². The average Bonchev–Trinajstić information content (AvgIpc) is 2.62. The van der Waals surface area contributed by atoms with E-state index in [0.717, 1.165) is 0 Å². The van der Waals surface area contributed by atoms with E-state index >= 15 is 0 Å².